The number of carbonyl (C=O) groups excluding carboxylic acids is 1. The van der Waals surface area contributed by atoms with Crippen molar-refractivity contribution >= 4 is 11.9 Å². The minimum absolute atomic E-state index is 0.147. The van der Waals surface area contributed by atoms with Crippen LogP contribution >= 0.6 is 0 Å². The average Bonchev–Trinajstić information content (AvgIpc) is 2.45. The molecule has 0 atom stereocenters. The highest BCUT2D eigenvalue weighted by atomic mass is 19.1. The highest BCUT2D eigenvalue weighted by molar-refractivity contribution is 5.78. The molecule has 0 aliphatic heterocycles. The first-order valence-corrected chi connectivity index (χ1v) is 6.26. The highest BCUT2D eigenvalue weighted by Crippen LogP contribution is 2.03. The lowest BCUT2D eigenvalue weighted by atomic mass is 10.1. The van der Waals surface area contributed by atoms with Crippen molar-refractivity contribution in [2.24, 2.45) is 0 Å². The van der Waals surface area contributed by atoms with Gasteiger partial charge in [-0.15, -0.1) is 0 Å². The van der Waals surface area contributed by atoms with E-state index in [2.05, 4.69) is 20.6 Å². The largest absolute Gasteiger partial charge is 0.354 e. The lowest BCUT2D eigenvalue weighted by Crippen LogP contribution is -2.30. The summed E-state index contributed by atoms with van der Waals surface area (Å²) in [5.74, 6) is 0.0384. The van der Waals surface area contributed by atoms with Gasteiger partial charge in [0.15, 0.2) is 0 Å². The van der Waals surface area contributed by atoms with Gasteiger partial charge in [-0.05, 0) is 23.8 Å². The molecule has 0 aliphatic carbocycles. The number of amides is 1. The Morgan fingerprint density at radius 2 is 1.95 bits per heavy atom. The third-order valence-corrected chi connectivity index (χ3v) is 2.55. The van der Waals surface area contributed by atoms with Crippen molar-refractivity contribution in [3.05, 3.63) is 54.1 Å². The smallest absolute Gasteiger partial charge is 0.224 e. The first kappa shape index (κ1) is 13.9. The lowest BCUT2D eigenvalue weighted by Gasteiger charge is -2.06. The maximum Gasteiger partial charge on any atom is 0.224 e. The molecule has 2 N–H and O–H groups in total. The van der Waals surface area contributed by atoms with Crippen LogP contribution in [0.2, 0.25) is 0 Å². The van der Waals surface area contributed by atoms with Crippen molar-refractivity contribution in [3.63, 3.8) is 0 Å². The number of hydrogen-bond donors (Lipinski definition) is 2. The molecule has 0 saturated heterocycles. The van der Waals surface area contributed by atoms with Gasteiger partial charge in [0.05, 0.1) is 6.42 Å². The number of rotatable bonds is 6. The van der Waals surface area contributed by atoms with E-state index in [4.69, 9.17) is 0 Å². The van der Waals surface area contributed by atoms with Gasteiger partial charge in [0.2, 0.25) is 11.9 Å². The second-order valence-electron chi connectivity index (χ2n) is 4.16. The van der Waals surface area contributed by atoms with Crippen molar-refractivity contribution < 1.29 is 9.18 Å². The number of nitrogens with zero attached hydrogens (tertiary/aromatic N) is 2. The number of anilines is 1. The predicted octanol–water partition coefficient (Wildman–Crippen LogP) is 1.39. The van der Waals surface area contributed by atoms with Crippen LogP contribution in [0, 0.1) is 5.82 Å². The molecule has 1 aromatic heterocycles. The molecule has 0 saturated carbocycles. The number of aromatic nitrogens is 2. The van der Waals surface area contributed by atoms with E-state index in [1.807, 2.05) is 0 Å². The number of halogens is 1. The molecular formula is C14H15FN4O. The summed E-state index contributed by atoms with van der Waals surface area (Å²) >= 11 is 0. The van der Waals surface area contributed by atoms with Gasteiger partial charge in [0.25, 0.3) is 0 Å². The fraction of sp³-hybridized carbons (Fsp3) is 0.214. The summed E-state index contributed by atoms with van der Waals surface area (Å²) in [5.41, 5.74) is 0.654. The zero-order valence-corrected chi connectivity index (χ0v) is 10.8. The minimum atomic E-state index is -0.335. The molecule has 104 valence electrons. The summed E-state index contributed by atoms with van der Waals surface area (Å²) in [6.45, 7) is 0.977. The van der Waals surface area contributed by atoms with Crippen molar-refractivity contribution in [2.75, 3.05) is 18.4 Å². The second kappa shape index (κ2) is 7.18. The topological polar surface area (TPSA) is 66.9 Å². The van der Waals surface area contributed by atoms with E-state index in [0.29, 0.717) is 24.6 Å². The molecule has 5 nitrogen and oxygen atoms in total. The minimum Gasteiger partial charge on any atom is -0.354 e. The molecule has 6 heteroatoms. The van der Waals surface area contributed by atoms with Crippen LogP contribution in [-0.4, -0.2) is 29.0 Å². The zero-order valence-electron chi connectivity index (χ0n) is 10.8. The Labute approximate surface area is 116 Å². The quantitative estimate of drug-likeness (QED) is 0.781. The molecule has 2 rings (SSSR count). The number of nitrogens with one attached hydrogen (secondary N) is 2. The first-order chi connectivity index (χ1) is 9.74. The summed E-state index contributed by atoms with van der Waals surface area (Å²) in [6.07, 6.45) is 3.44. The Morgan fingerprint density at radius 3 is 2.70 bits per heavy atom. The van der Waals surface area contributed by atoms with E-state index in [9.17, 15) is 9.18 Å². The van der Waals surface area contributed by atoms with Crippen molar-refractivity contribution in [1.82, 2.24) is 15.3 Å². The predicted molar refractivity (Wildman–Crippen MR) is 73.6 cm³/mol. The van der Waals surface area contributed by atoms with E-state index in [1.165, 1.54) is 12.1 Å². The van der Waals surface area contributed by atoms with Crippen LogP contribution in [0.5, 0.6) is 0 Å². The summed E-state index contributed by atoms with van der Waals surface area (Å²) in [7, 11) is 0. The number of hydrogen-bond acceptors (Lipinski definition) is 4. The second-order valence-corrected chi connectivity index (χ2v) is 4.16. The molecule has 20 heavy (non-hydrogen) atoms. The van der Waals surface area contributed by atoms with Gasteiger partial charge >= 0.3 is 0 Å². The van der Waals surface area contributed by atoms with Crippen molar-refractivity contribution in [1.29, 1.82) is 0 Å². The fourth-order valence-electron chi connectivity index (χ4n) is 1.66. The Hall–Kier alpha value is -2.50. The van der Waals surface area contributed by atoms with E-state index < -0.39 is 0 Å². The Kier molecular flexibility index (Phi) is 5.00. The SMILES string of the molecule is O=C(Cc1cccc(F)c1)NCCNc1ncccn1. The maximum atomic E-state index is 13.0. The molecule has 0 aliphatic rings. The average molecular weight is 274 g/mol. The van der Waals surface area contributed by atoms with Gasteiger partial charge in [-0.2, -0.15) is 0 Å². The van der Waals surface area contributed by atoms with Gasteiger partial charge in [-0.25, -0.2) is 14.4 Å². The number of carbonyl (C=O) groups is 1. The van der Waals surface area contributed by atoms with Crippen LogP contribution in [0.15, 0.2) is 42.7 Å². The highest BCUT2D eigenvalue weighted by Gasteiger charge is 2.03. The summed E-state index contributed by atoms with van der Waals surface area (Å²) < 4.78 is 13.0. The standard InChI is InChI=1S/C14H15FN4O/c15-12-4-1-3-11(9-12)10-13(20)16-7-8-19-14-17-5-2-6-18-14/h1-6,9H,7-8,10H2,(H,16,20)(H,17,18,19). The van der Waals surface area contributed by atoms with Crippen LogP contribution in [0.25, 0.3) is 0 Å². The van der Waals surface area contributed by atoms with E-state index in [-0.39, 0.29) is 18.1 Å². The Morgan fingerprint density at radius 1 is 1.15 bits per heavy atom. The van der Waals surface area contributed by atoms with E-state index in [0.717, 1.165) is 0 Å². The van der Waals surface area contributed by atoms with Crippen LogP contribution in [0.1, 0.15) is 5.56 Å². The molecule has 1 heterocycles. The van der Waals surface area contributed by atoms with Crippen LogP contribution in [0.4, 0.5) is 10.3 Å². The molecule has 0 bridgehead atoms. The lowest BCUT2D eigenvalue weighted by molar-refractivity contribution is -0.120. The van der Waals surface area contributed by atoms with Crippen LogP contribution in [-0.2, 0) is 11.2 Å². The van der Waals surface area contributed by atoms with E-state index >= 15 is 0 Å². The summed E-state index contributed by atoms with van der Waals surface area (Å²) in [5, 5.41) is 5.72. The van der Waals surface area contributed by atoms with Gasteiger partial charge in [0, 0.05) is 25.5 Å². The normalized spacial score (nSPS) is 10.1. The molecule has 1 amide bonds. The molecule has 0 fully saturated rings. The van der Waals surface area contributed by atoms with Crippen LogP contribution < -0.4 is 10.6 Å². The van der Waals surface area contributed by atoms with Gasteiger partial charge in [0.1, 0.15) is 5.82 Å². The van der Waals surface area contributed by atoms with Crippen molar-refractivity contribution in [2.45, 2.75) is 6.42 Å². The maximum absolute atomic E-state index is 13.0. The van der Waals surface area contributed by atoms with Crippen molar-refractivity contribution in [3.8, 4) is 0 Å². The Balaban J connectivity index is 1.68. The summed E-state index contributed by atoms with van der Waals surface area (Å²) in [4.78, 5) is 19.6. The van der Waals surface area contributed by atoms with Crippen LogP contribution in [0.3, 0.4) is 0 Å². The molecule has 0 spiro atoms. The zero-order chi connectivity index (χ0) is 14.2. The third kappa shape index (κ3) is 4.64. The van der Waals surface area contributed by atoms with Gasteiger partial charge in [-0.3, -0.25) is 4.79 Å². The number of benzene rings is 1. The monoisotopic (exact) mass is 274 g/mol. The molecule has 2 aromatic rings. The first-order valence-electron chi connectivity index (χ1n) is 6.26. The molecule has 0 radical (unpaired) electrons. The van der Waals surface area contributed by atoms with Gasteiger partial charge in [-0.1, -0.05) is 12.1 Å². The molecular weight excluding hydrogens is 259 g/mol. The molecule has 0 unspecified atom stereocenters. The van der Waals surface area contributed by atoms with E-state index in [1.54, 1.807) is 30.6 Å². The Bertz CT molecular complexity index is 562. The van der Waals surface area contributed by atoms with Gasteiger partial charge < -0.3 is 10.6 Å². The molecule has 1 aromatic carbocycles. The summed E-state index contributed by atoms with van der Waals surface area (Å²) in [6, 6.07) is 7.75. The fourth-order valence-corrected chi connectivity index (χ4v) is 1.66. The third-order valence-electron chi connectivity index (χ3n) is 2.55.